The molecular formula is C22H26N4O4S. The Morgan fingerprint density at radius 2 is 1.97 bits per heavy atom. The molecule has 0 saturated carbocycles. The summed E-state index contributed by atoms with van der Waals surface area (Å²) in [5, 5.41) is 6.04. The molecule has 31 heavy (non-hydrogen) atoms. The molecular weight excluding hydrogens is 416 g/mol. The number of benzene rings is 1. The maximum atomic E-state index is 12.6. The molecule has 3 aromatic rings. The van der Waals surface area contributed by atoms with Crippen LogP contribution in [0.2, 0.25) is 0 Å². The Bertz CT molecular complexity index is 997. The van der Waals surface area contributed by atoms with Crippen molar-refractivity contribution in [1.82, 2.24) is 14.8 Å². The number of nitrogens with one attached hydrogen (secondary N) is 1. The van der Waals surface area contributed by atoms with E-state index in [2.05, 4.69) is 20.1 Å². The van der Waals surface area contributed by atoms with Gasteiger partial charge in [-0.05, 0) is 24.3 Å². The predicted octanol–water partition coefficient (Wildman–Crippen LogP) is 3.18. The van der Waals surface area contributed by atoms with Crippen molar-refractivity contribution in [1.29, 1.82) is 0 Å². The van der Waals surface area contributed by atoms with Gasteiger partial charge in [0.1, 0.15) is 22.2 Å². The van der Waals surface area contributed by atoms with E-state index in [-0.39, 0.29) is 5.91 Å². The second-order valence-electron chi connectivity index (χ2n) is 7.27. The number of methoxy groups -OCH3 is 2. The van der Waals surface area contributed by atoms with E-state index in [9.17, 15) is 4.79 Å². The second kappa shape index (κ2) is 9.95. The van der Waals surface area contributed by atoms with Crippen molar-refractivity contribution in [2.24, 2.45) is 0 Å². The Morgan fingerprint density at radius 1 is 1.16 bits per heavy atom. The van der Waals surface area contributed by atoms with Crippen LogP contribution in [0, 0.1) is 0 Å². The standard InChI is InChI=1S/C22H26N4O4S/c1-28-16-5-6-19(29-2)17(12-16)23-21(27)13-25-7-9-26(10-8-25)14-22-24-18(15-31-22)20-4-3-11-30-20/h3-6,11-12,15H,7-10,13-14H2,1-2H3,(H,23,27). The molecule has 1 aliphatic heterocycles. The molecule has 0 aliphatic carbocycles. The Morgan fingerprint density at radius 3 is 2.68 bits per heavy atom. The third-order valence-electron chi connectivity index (χ3n) is 5.20. The average Bonchev–Trinajstić information content (AvgIpc) is 3.47. The molecule has 8 nitrogen and oxygen atoms in total. The van der Waals surface area contributed by atoms with E-state index in [0.29, 0.717) is 23.7 Å². The zero-order chi connectivity index (χ0) is 21.6. The number of carbonyl (C=O) groups is 1. The van der Waals surface area contributed by atoms with Crippen molar-refractivity contribution in [3.63, 3.8) is 0 Å². The highest BCUT2D eigenvalue weighted by Gasteiger charge is 2.21. The zero-order valence-corrected chi connectivity index (χ0v) is 18.5. The summed E-state index contributed by atoms with van der Waals surface area (Å²) in [7, 11) is 3.17. The summed E-state index contributed by atoms with van der Waals surface area (Å²) in [4.78, 5) is 21.8. The molecule has 0 radical (unpaired) electrons. The monoisotopic (exact) mass is 442 g/mol. The van der Waals surface area contributed by atoms with E-state index in [1.54, 1.807) is 50.0 Å². The number of anilines is 1. The normalized spacial score (nSPS) is 15.0. The first kappa shape index (κ1) is 21.4. The fourth-order valence-electron chi connectivity index (χ4n) is 3.52. The summed E-state index contributed by atoms with van der Waals surface area (Å²) in [6.07, 6.45) is 1.66. The van der Waals surface area contributed by atoms with Crippen LogP contribution in [-0.2, 0) is 11.3 Å². The van der Waals surface area contributed by atoms with Gasteiger partial charge in [-0.1, -0.05) is 0 Å². The van der Waals surface area contributed by atoms with Crippen LogP contribution >= 0.6 is 11.3 Å². The minimum Gasteiger partial charge on any atom is -0.497 e. The minimum absolute atomic E-state index is 0.0667. The van der Waals surface area contributed by atoms with Crippen molar-refractivity contribution >= 4 is 22.9 Å². The van der Waals surface area contributed by atoms with Crippen LogP contribution in [0.25, 0.3) is 11.5 Å². The summed E-state index contributed by atoms with van der Waals surface area (Å²) in [5.74, 6) is 2.01. The predicted molar refractivity (Wildman–Crippen MR) is 120 cm³/mol. The number of hydrogen-bond donors (Lipinski definition) is 1. The van der Waals surface area contributed by atoms with Gasteiger partial charge in [-0.15, -0.1) is 11.3 Å². The van der Waals surface area contributed by atoms with Crippen LogP contribution in [0.3, 0.4) is 0 Å². The number of nitrogens with zero attached hydrogens (tertiary/aromatic N) is 3. The van der Waals surface area contributed by atoms with Crippen LogP contribution in [0.15, 0.2) is 46.4 Å². The topological polar surface area (TPSA) is 80.1 Å². The van der Waals surface area contributed by atoms with Crippen molar-refractivity contribution in [3.8, 4) is 23.0 Å². The van der Waals surface area contributed by atoms with Crippen LogP contribution in [0.4, 0.5) is 5.69 Å². The Labute approximate surface area is 185 Å². The first-order valence-electron chi connectivity index (χ1n) is 10.1. The summed E-state index contributed by atoms with van der Waals surface area (Å²) in [6.45, 7) is 4.61. The van der Waals surface area contributed by atoms with Gasteiger partial charge in [0.05, 0.1) is 39.3 Å². The molecule has 0 unspecified atom stereocenters. The first-order chi connectivity index (χ1) is 15.1. The Kier molecular flexibility index (Phi) is 6.86. The lowest BCUT2D eigenvalue weighted by molar-refractivity contribution is -0.117. The Balaban J connectivity index is 1.25. The summed E-state index contributed by atoms with van der Waals surface area (Å²) in [5.41, 5.74) is 1.50. The number of thiazole rings is 1. The molecule has 1 aromatic carbocycles. The first-order valence-corrected chi connectivity index (χ1v) is 11.0. The highest BCUT2D eigenvalue weighted by Crippen LogP contribution is 2.29. The van der Waals surface area contributed by atoms with E-state index in [1.165, 1.54) is 0 Å². The third kappa shape index (κ3) is 5.43. The molecule has 0 bridgehead atoms. The molecule has 4 rings (SSSR count). The van der Waals surface area contributed by atoms with Gasteiger partial charge >= 0.3 is 0 Å². The van der Waals surface area contributed by atoms with Gasteiger partial charge in [0, 0.05) is 37.6 Å². The second-order valence-corrected chi connectivity index (χ2v) is 8.21. The largest absolute Gasteiger partial charge is 0.497 e. The molecule has 1 aliphatic rings. The van der Waals surface area contributed by atoms with E-state index < -0.39 is 0 Å². The zero-order valence-electron chi connectivity index (χ0n) is 17.7. The molecule has 9 heteroatoms. The number of amides is 1. The van der Waals surface area contributed by atoms with E-state index in [0.717, 1.165) is 49.2 Å². The van der Waals surface area contributed by atoms with Crippen LogP contribution in [0.5, 0.6) is 11.5 Å². The summed E-state index contributed by atoms with van der Waals surface area (Å²) < 4.78 is 16.0. The molecule has 164 valence electrons. The van der Waals surface area contributed by atoms with Gasteiger partial charge in [0.15, 0.2) is 5.76 Å². The van der Waals surface area contributed by atoms with Crippen molar-refractivity contribution < 1.29 is 18.7 Å². The fraction of sp³-hybridized carbons (Fsp3) is 0.364. The lowest BCUT2D eigenvalue weighted by Crippen LogP contribution is -2.48. The van der Waals surface area contributed by atoms with Crippen LogP contribution < -0.4 is 14.8 Å². The minimum atomic E-state index is -0.0667. The quantitative estimate of drug-likeness (QED) is 0.574. The van der Waals surface area contributed by atoms with Crippen molar-refractivity contribution in [3.05, 3.63) is 47.0 Å². The third-order valence-corrected chi connectivity index (χ3v) is 6.03. The maximum Gasteiger partial charge on any atom is 0.238 e. The van der Waals surface area contributed by atoms with E-state index in [4.69, 9.17) is 13.9 Å². The summed E-state index contributed by atoms with van der Waals surface area (Å²) in [6, 6.07) is 9.13. The number of furan rings is 1. The molecule has 0 spiro atoms. The Hall–Kier alpha value is -2.88. The molecule has 2 aromatic heterocycles. The number of carbonyl (C=O) groups excluding carboxylic acids is 1. The molecule has 1 N–H and O–H groups in total. The van der Waals surface area contributed by atoms with Gasteiger partial charge in [0.25, 0.3) is 0 Å². The SMILES string of the molecule is COc1ccc(OC)c(NC(=O)CN2CCN(Cc3nc(-c4ccco4)cs3)CC2)c1. The van der Waals surface area contributed by atoms with Gasteiger partial charge in [-0.3, -0.25) is 14.6 Å². The number of piperazine rings is 1. The molecule has 1 saturated heterocycles. The highest BCUT2D eigenvalue weighted by molar-refractivity contribution is 7.09. The van der Waals surface area contributed by atoms with Crippen molar-refractivity contribution in [2.75, 3.05) is 52.3 Å². The van der Waals surface area contributed by atoms with E-state index in [1.807, 2.05) is 17.5 Å². The van der Waals surface area contributed by atoms with Crippen molar-refractivity contribution in [2.45, 2.75) is 6.54 Å². The summed E-state index contributed by atoms with van der Waals surface area (Å²) >= 11 is 1.65. The number of rotatable bonds is 8. The van der Waals surface area contributed by atoms with Crippen LogP contribution in [0.1, 0.15) is 5.01 Å². The number of hydrogen-bond acceptors (Lipinski definition) is 8. The van der Waals surface area contributed by atoms with Gasteiger partial charge in [-0.2, -0.15) is 0 Å². The molecule has 1 fully saturated rings. The van der Waals surface area contributed by atoms with Gasteiger partial charge in [0.2, 0.25) is 5.91 Å². The van der Waals surface area contributed by atoms with E-state index >= 15 is 0 Å². The lowest BCUT2D eigenvalue weighted by Gasteiger charge is -2.33. The maximum absolute atomic E-state index is 12.6. The average molecular weight is 443 g/mol. The molecule has 1 amide bonds. The smallest absolute Gasteiger partial charge is 0.238 e. The lowest BCUT2D eigenvalue weighted by atomic mass is 10.2. The highest BCUT2D eigenvalue weighted by atomic mass is 32.1. The fourth-order valence-corrected chi connectivity index (χ4v) is 4.35. The van der Waals surface area contributed by atoms with Gasteiger partial charge in [-0.25, -0.2) is 4.98 Å². The molecule has 0 atom stereocenters. The number of ether oxygens (including phenoxy) is 2. The van der Waals surface area contributed by atoms with Crippen LogP contribution in [-0.4, -0.2) is 67.6 Å². The number of aromatic nitrogens is 1. The molecule has 3 heterocycles. The van der Waals surface area contributed by atoms with Gasteiger partial charge < -0.3 is 19.2 Å².